The first-order valence-electron chi connectivity index (χ1n) is 9.61. The van der Waals surface area contributed by atoms with Crippen molar-refractivity contribution in [3.8, 4) is 5.75 Å². The third-order valence-corrected chi connectivity index (χ3v) is 5.84. The van der Waals surface area contributed by atoms with Gasteiger partial charge in [0.05, 0.1) is 10.5 Å². The number of sulfonamides is 1. The lowest BCUT2D eigenvalue weighted by Crippen LogP contribution is -2.30. The van der Waals surface area contributed by atoms with Crippen LogP contribution in [0.3, 0.4) is 0 Å². The van der Waals surface area contributed by atoms with Gasteiger partial charge in [0.15, 0.2) is 12.9 Å². The van der Waals surface area contributed by atoms with Crippen LogP contribution in [0.1, 0.15) is 36.0 Å². The van der Waals surface area contributed by atoms with Gasteiger partial charge in [-0.2, -0.15) is 0 Å². The van der Waals surface area contributed by atoms with E-state index in [2.05, 4.69) is 15.0 Å². The second-order valence-corrected chi connectivity index (χ2v) is 8.45. The Balaban J connectivity index is 1.63. The van der Waals surface area contributed by atoms with E-state index >= 15 is 0 Å². The summed E-state index contributed by atoms with van der Waals surface area (Å²) >= 11 is 0. The minimum absolute atomic E-state index is 0.0273. The van der Waals surface area contributed by atoms with Crippen LogP contribution in [0, 0.1) is 0 Å². The summed E-state index contributed by atoms with van der Waals surface area (Å²) in [5.41, 5.74) is 0.656. The molecule has 0 spiro atoms. The molecule has 30 heavy (non-hydrogen) atoms. The van der Waals surface area contributed by atoms with Crippen molar-refractivity contribution in [3.05, 3.63) is 54.1 Å². The van der Waals surface area contributed by atoms with Gasteiger partial charge in [0.25, 0.3) is 15.9 Å². The minimum Gasteiger partial charge on any atom is -0.483 e. The Bertz CT molecular complexity index is 1050. The van der Waals surface area contributed by atoms with Crippen LogP contribution in [0.4, 0.5) is 5.69 Å². The number of nitrogens with one attached hydrogen (secondary N) is 2. The highest BCUT2D eigenvalue weighted by Crippen LogP contribution is 2.18. The number of carbonyl (C=O) groups excluding carboxylic acids is 2. The normalized spacial score (nSPS) is 14.2. The fourth-order valence-corrected chi connectivity index (χ4v) is 4.10. The monoisotopic (exact) mass is 429 g/mol. The standard InChI is InChI=1S/C21H23N3O5S/c25-14-16-7-3-4-10-19(16)29-15-21(26)23-17-8-6-9-18(13-17)30(27,28)24-20-11-2-1-5-12-22-20/h3-4,6-10,13-14H,1-2,5,11-12,15H2,(H,22,24)(H,23,26). The Labute approximate surface area is 175 Å². The number of hydrogen-bond acceptors (Lipinski definition) is 6. The number of nitrogens with zero attached hydrogens (tertiary/aromatic N) is 1. The zero-order chi connectivity index (χ0) is 21.4. The quantitative estimate of drug-likeness (QED) is 0.657. The Morgan fingerprint density at radius 1 is 1.10 bits per heavy atom. The van der Waals surface area contributed by atoms with Crippen molar-refractivity contribution in [1.29, 1.82) is 0 Å². The van der Waals surface area contributed by atoms with Gasteiger partial charge in [0.2, 0.25) is 0 Å². The second kappa shape index (κ2) is 10.0. The number of amidine groups is 1. The predicted octanol–water partition coefficient (Wildman–Crippen LogP) is 2.77. The number of aldehydes is 1. The molecular weight excluding hydrogens is 406 g/mol. The van der Waals surface area contributed by atoms with Crippen molar-refractivity contribution in [2.75, 3.05) is 18.5 Å². The molecule has 3 rings (SSSR count). The van der Waals surface area contributed by atoms with Crippen LogP contribution in [0.2, 0.25) is 0 Å². The van der Waals surface area contributed by atoms with Crippen LogP contribution < -0.4 is 14.8 Å². The minimum atomic E-state index is -3.80. The molecule has 1 aliphatic heterocycles. The SMILES string of the molecule is O=Cc1ccccc1OCC(=O)Nc1cccc(S(=O)(=O)NC2=NCCCCC2)c1. The molecule has 1 amide bonds. The molecule has 8 nitrogen and oxygen atoms in total. The summed E-state index contributed by atoms with van der Waals surface area (Å²) < 4.78 is 33.3. The number of aliphatic imine (C=N–C) groups is 1. The topological polar surface area (TPSA) is 114 Å². The number of para-hydroxylation sites is 1. The molecule has 9 heteroatoms. The van der Waals surface area contributed by atoms with Gasteiger partial charge in [0.1, 0.15) is 11.6 Å². The average Bonchev–Trinajstić information content (AvgIpc) is 3.01. The van der Waals surface area contributed by atoms with Crippen LogP contribution in [-0.4, -0.2) is 39.6 Å². The predicted molar refractivity (Wildman–Crippen MR) is 113 cm³/mol. The number of anilines is 1. The third-order valence-electron chi connectivity index (χ3n) is 4.46. The van der Waals surface area contributed by atoms with Gasteiger partial charge in [-0.3, -0.25) is 19.3 Å². The van der Waals surface area contributed by atoms with E-state index in [1.165, 1.54) is 12.1 Å². The summed E-state index contributed by atoms with van der Waals surface area (Å²) in [5, 5.41) is 2.60. The molecule has 0 saturated carbocycles. The Morgan fingerprint density at radius 2 is 1.93 bits per heavy atom. The van der Waals surface area contributed by atoms with E-state index in [1.54, 1.807) is 36.4 Å². The van der Waals surface area contributed by atoms with E-state index < -0.39 is 15.9 Å². The molecule has 2 aromatic carbocycles. The molecule has 0 bridgehead atoms. The van der Waals surface area contributed by atoms with Gasteiger partial charge >= 0.3 is 0 Å². The largest absolute Gasteiger partial charge is 0.483 e. The first-order chi connectivity index (χ1) is 14.5. The molecule has 2 N–H and O–H groups in total. The lowest BCUT2D eigenvalue weighted by Gasteiger charge is -2.12. The summed E-state index contributed by atoms with van der Waals surface area (Å²) in [6.07, 6.45) is 4.11. The highest BCUT2D eigenvalue weighted by atomic mass is 32.2. The molecule has 158 valence electrons. The molecule has 0 aromatic heterocycles. The Morgan fingerprint density at radius 3 is 2.77 bits per heavy atom. The molecule has 0 aliphatic carbocycles. The fraction of sp³-hybridized carbons (Fsp3) is 0.286. The molecule has 0 atom stereocenters. The summed E-state index contributed by atoms with van der Waals surface area (Å²) in [5.74, 6) is 0.280. The van der Waals surface area contributed by atoms with Crippen molar-refractivity contribution in [1.82, 2.24) is 4.72 Å². The first kappa shape index (κ1) is 21.5. The molecule has 0 fully saturated rings. The molecule has 0 unspecified atom stereocenters. The molecule has 0 saturated heterocycles. The van der Waals surface area contributed by atoms with Crippen LogP contribution in [0.5, 0.6) is 5.75 Å². The third kappa shape index (κ3) is 5.90. The smallest absolute Gasteiger partial charge is 0.262 e. The number of ether oxygens (including phenoxy) is 1. The fourth-order valence-electron chi connectivity index (χ4n) is 2.96. The zero-order valence-electron chi connectivity index (χ0n) is 16.3. The van der Waals surface area contributed by atoms with E-state index in [0.29, 0.717) is 42.1 Å². The van der Waals surface area contributed by atoms with Crippen LogP contribution in [0.15, 0.2) is 58.4 Å². The van der Waals surface area contributed by atoms with Gasteiger partial charge in [-0.25, -0.2) is 8.42 Å². The Hall–Kier alpha value is -3.20. The summed E-state index contributed by atoms with van der Waals surface area (Å²) in [6, 6.07) is 12.5. The van der Waals surface area contributed by atoms with Gasteiger partial charge < -0.3 is 10.1 Å². The van der Waals surface area contributed by atoms with E-state index in [0.717, 1.165) is 19.3 Å². The maximum Gasteiger partial charge on any atom is 0.262 e. The number of amides is 1. The second-order valence-electron chi connectivity index (χ2n) is 6.76. The van der Waals surface area contributed by atoms with E-state index in [9.17, 15) is 18.0 Å². The zero-order valence-corrected chi connectivity index (χ0v) is 17.2. The molecule has 0 radical (unpaired) electrons. The van der Waals surface area contributed by atoms with Crippen molar-refractivity contribution >= 4 is 33.7 Å². The van der Waals surface area contributed by atoms with Crippen LogP contribution >= 0.6 is 0 Å². The highest BCUT2D eigenvalue weighted by Gasteiger charge is 2.18. The summed E-state index contributed by atoms with van der Waals surface area (Å²) in [7, 11) is -3.80. The Kier molecular flexibility index (Phi) is 7.18. The van der Waals surface area contributed by atoms with Gasteiger partial charge in [-0.1, -0.05) is 24.6 Å². The van der Waals surface area contributed by atoms with E-state index in [1.807, 2.05) is 0 Å². The van der Waals surface area contributed by atoms with Crippen LogP contribution in [-0.2, 0) is 14.8 Å². The van der Waals surface area contributed by atoms with Crippen molar-refractivity contribution in [2.24, 2.45) is 4.99 Å². The van der Waals surface area contributed by atoms with Crippen molar-refractivity contribution in [3.63, 3.8) is 0 Å². The van der Waals surface area contributed by atoms with Gasteiger partial charge in [0, 0.05) is 18.7 Å². The van der Waals surface area contributed by atoms with Gasteiger partial charge in [-0.15, -0.1) is 0 Å². The average molecular weight is 429 g/mol. The highest BCUT2D eigenvalue weighted by molar-refractivity contribution is 7.90. The number of carbonyl (C=O) groups is 2. The van der Waals surface area contributed by atoms with Crippen molar-refractivity contribution in [2.45, 2.75) is 30.6 Å². The molecule has 2 aromatic rings. The maximum absolute atomic E-state index is 12.7. The van der Waals surface area contributed by atoms with E-state index in [4.69, 9.17) is 4.74 Å². The van der Waals surface area contributed by atoms with Crippen LogP contribution in [0.25, 0.3) is 0 Å². The molecular formula is C21H23N3O5S. The van der Waals surface area contributed by atoms with Crippen molar-refractivity contribution < 1.29 is 22.7 Å². The summed E-state index contributed by atoms with van der Waals surface area (Å²) in [6.45, 7) is 0.290. The maximum atomic E-state index is 12.7. The lowest BCUT2D eigenvalue weighted by atomic mass is 10.2. The van der Waals surface area contributed by atoms with E-state index in [-0.39, 0.29) is 11.5 Å². The summed E-state index contributed by atoms with van der Waals surface area (Å²) in [4.78, 5) is 27.5. The number of benzene rings is 2. The molecule has 1 aliphatic rings. The number of hydrogen-bond donors (Lipinski definition) is 2. The number of rotatable bonds is 7. The first-order valence-corrected chi connectivity index (χ1v) is 11.1. The van der Waals surface area contributed by atoms with Gasteiger partial charge in [-0.05, 0) is 43.2 Å². The molecule has 1 heterocycles. The lowest BCUT2D eigenvalue weighted by molar-refractivity contribution is -0.118.